The lowest BCUT2D eigenvalue weighted by Gasteiger charge is -2.15. The molecule has 0 saturated carbocycles. The molecule has 0 fully saturated rings. The Morgan fingerprint density at radius 1 is 1.41 bits per heavy atom. The summed E-state index contributed by atoms with van der Waals surface area (Å²) in [6.45, 7) is 3.94. The van der Waals surface area contributed by atoms with Crippen LogP contribution >= 0.6 is 27.3 Å². The smallest absolute Gasteiger partial charge is 0.261 e. The summed E-state index contributed by atoms with van der Waals surface area (Å²) in [7, 11) is 1.90. The fraction of sp³-hybridized carbons (Fsp3) is 0.250. The first-order valence-electron chi connectivity index (χ1n) is 6.96. The molecular formula is C16H16BrN3OS. The summed E-state index contributed by atoms with van der Waals surface area (Å²) < 4.78 is 2.82. The Hall–Kier alpha value is -1.66. The van der Waals surface area contributed by atoms with Gasteiger partial charge in [0.2, 0.25) is 0 Å². The number of benzene rings is 1. The maximum atomic E-state index is 12.5. The zero-order chi connectivity index (χ0) is 15.9. The van der Waals surface area contributed by atoms with E-state index in [1.807, 2.05) is 55.9 Å². The van der Waals surface area contributed by atoms with Crippen molar-refractivity contribution in [1.29, 1.82) is 0 Å². The molecule has 0 aliphatic rings. The van der Waals surface area contributed by atoms with Gasteiger partial charge in [0.05, 0.1) is 16.6 Å². The second-order valence-corrected chi connectivity index (χ2v) is 7.14. The number of amides is 1. The van der Waals surface area contributed by atoms with E-state index < -0.39 is 0 Å². The summed E-state index contributed by atoms with van der Waals surface area (Å²) in [5.74, 6) is -0.0520. The van der Waals surface area contributed by atoms with Gasteiger partial charge >= 0.3 is 0 Å². The molecular weight excluding hydrogens is 362 g/mol. The number of nitrogens with one attached hydrogen (secondary N) is 1. The molecule has 22 heavy (non-hydrogen) atoms. The predicted molar refractivity (Wildman–Crippen MR) is 93.4 cm³/mol. The van der Waals surface area contributed by atoms with Gasteiger partial charge in [-0.15, -0.1) is 11.3 Å². The number of carbonyl (C=O) groups excluding carboxylic acids is 1. The second kappa shape index (κ2) is 5.85. The Morgan fingerprint density at radius 2 is 2.14 bits per heavy atom. The lowest BCUT2D eigenvalue weighted by atomic mass is 10.1. The van der Waals surface area contributed by atoms with E-state index in [0.29, 0.717) is 4.88 Å². The highest BCUT2D eigenvalue weighted by Gasteiger charge is 2.18. The van der Waals surface area contributed by atoms with Crippen LogP contribution in [0.5, 0.6) is 0 Å². The van der Waals surface area contributed by atoms with Crippen LogP contribution in [0.1, 0.15) is 33.9 Å². The highest BCUT2D eigenvalue weighted by molar-refractivity contribution is 9.10. The highest BCUT2D eigenvalue weighted by Crippen LogP contribution is 2.28. The normalized spacial score (nSPS) is 12.5. The molecule has 0 saturated heterocycles. The minimum absolute atomic E-state index is 0.0520. The first-order chi connectivity index (χ1) is 10.5. The van der Waals surface area contributed by atoms with E-state index in [4.69, 9.17) is 0 Å². The van der Waals surface area contributed by atoms with Crippen LogP contribution in [0.15, 0.2) is 34.8 Å². The van der Waals surface area contributed by atoms with Gasteiger partial charge in [0.1, 0.15) is 4.83 Å². The molecule has 4 nitrogen and oxygen atoms in total. The van der Waals surface area contributed by atoms with Crippen LogP contribution in [0.3, 0.4) is 0 Å². The number of hydrogen-bond acceptors (Lipinski definition) is 3. The van der Waals surface area contributed by atoms with Crippen LogP contribution < -0.4 is 5.32 Å². The van der Waals surface area contributed by atoms with Gasteiger partial charge < -0.3 is 5.32 Å². The van der Waals surface area contributed by atoms with Crippen molar-refractivity contribution in [2.45, 2.75) is 19.9 Å². The van der Waals surface area contributed by atoms with Crippen molar-refractivity contribution < 1.29 is 4.79 Å². The zero-order valence-corrected chi connectivity index (χ0v) is 15.0. The highest BCUT2D eigenvalue weighted by atomic mass is 79.9. The fourth-order valence-electron chi connectivity index (χ4n) is 2.49. The molecule has 0 aliphatic heterocycles. The van der Waals surface area contributed by atoms with Gasteiger partial charge in [-0.3, -0.25) is 9.48 Å². The van der Waals surface area contributed by atoms with Gasteiger partial charge in [0.15, 0.2) is 0 Å². The Bertz CT molecular complexity index is 818. The fourth-order valence-corrected chi connectivity index (χ4v) is 4.14. The third kappa shape index (κ3) is 2.68. The molecule has 1 atom stereocenters. The van der Waals surface area contributed by atoms with E-state index in [2.05, 4.69) is 26.3 Å². The van der Waals surface area contributed by atoms with E-state index in [1.165, 1.54) is 11.3 Å². The van der Waals surface area contributed by atoms with E-state index in [-0.39, 0.29) is 11.9 Å². The summed E-state index contributed by atoms with van der Waals surface area (Å²) in [6, 6.07) is 9.78. The zero-order valence-electron chi connectivity index (χ0n) is 12.6. The average Bonchev–Trinajstić information content (AvgIpc) is 3.02. The van der Waals surface area contributed by atoms with Crippen molar-refractivity contribution in [2.24, 2.45) is 7.05 Å². The number of aromatic nitrogens is 2. The minimum Gasteiger partial charge on any atom is -0.345 e. The van der Waals surface area contributed by atoms with Crippen LogP contribution in [-0.2, 0) is 7.05 Å². The third-order valence-electron chi connectivity index (χ3n) is 3.64. The first-order valence-corrected chi connectivity index (χ1v) is 8.56. The maximum absolute atomic E-state index is 12.5. The van der Waals surface area contributed by atoms with Gasteiger partial charge in [-0.25, -0.2) is 0 Å². The van der Waals surface area contributed by atoms with Crippen LogP contribution in [0.4, 0.5) is 0 Å². The Balaban J connectivity index is 1.84. The molecule has 6 heteroatoms. The Labute approximate surface area is 141 Å². The van der Waals surface area contributed by atoms with Crippen molar-refractivity contribution in [3.05, 3.63) is 50.9 Å². The molecule has 0 bridgehead atoms. The summed E-state index contributed by atoms with van der Waals surface area (Å²) in [4.78, 5) is 14.2. The van der Waals surface area contributed by atoms with Crippen molar-refractivity contribution in [3.8, 4) is 0 Å². The standard InChI is InChI=1S/C16H16BrN3OS/c1-9(11-6-4-5-7-13(11)17)18-15(21)14-8-12-10(2)19-20(3)16(12)22-14/h4-9H,1-3H3,(H,18,21)/t9-/m0/s1. The van der Waals surface area contributed by atoms with Gasteiger partial charge in [-0.1, -0.05) is 34.1 Å². The molecule has 2 aromatic heterocycles. The number of halogens is 1. The van der Waals surface area contributed by atoms with Gasteiger partial charge in [0, 0.05) is 16.9 Å². The van der Waals surface area contributed by atoms with Crippen molar-refractivity contribution in [1.82, 2.24) is 15.1 Å². The predicted octanol–water partition coefficient (Wildman–Crippen LogP) is 4.20. The largest absolute Gasteiger partial charge is 0.345 e. The molecule has 3 aromatic rings. The van der Waals surface area contributed by atoms with Crippen LogP contribution in [0.2, 0.25) is 0 Å². The van der Waals surface area contributed by atoms with Crippen LogP contribution in [0, 0.1) is 6.92 Å². The molecule has 1 aromatic carbocycles. The van der Waals surface area contributed by atoms with Gasteiger partial charge in [-0.2, -0.15) is 5.10 Å². The van der Waals surface area contributed by atoms with E-state index >= 15 is 0 Å². The number of rotatable bonds is 3. The molecule has 3 rings (SSSR count). The molecule has 114 valence electrons. The van der Waals surface area contributed by atoms with Crippen molar-refractivity contribution in [3.63, 3.8) is 0 Å². The maximum Gasteiger partial charge on any atom is 0.261 e. The Morgan fingerprint density at radius 3 is 2.82 bits per heavy atom. The van der Waals surface area contributed by atoms with Crippen LogP contribution in [0.25, 0.3) is 10.2 Å². The molecule has 2 heterocycles. The molecule has 0 unspecified atom stereocenters. The number of aryl methyl sites for hydroxylation is 2. The molecule has 0 radical (unpaired) electrons. The third-order valence-corrected chi connectivity index (χ3v) is 5.56. The van der Waals surface area contributed by atoms with Gasteiger partial charge in [-0.05, 0) is 31.5 Å². The minimum atomic E-state index is -0.0625. The number of carbonyl (C=O) groups is 1. The summed E-state index contributed by atoms with van der Waals surface area (Å²) in [6.07, 6.45) is 0. The van der Waals surface area contributed by atoms with E-state index in [1.54, 1.807) is 0 Å². The number of hydrogen-bond donors (Lipinski definition) is 1. The first kappa shape index (κ1) is 15.2. The lowest BCUT2D eigenvalue weighted by Crippen LogP contribution is -2.26. The number of fused-ring (bicyclic) bond motifs is 1. The molecule has 0 aliphatic carbocycles. The van der Waals surface area contributed by atoms with E-state index in [9.17, 15) is 4.79 Å². The Kier molecular flexibility index (Phi) is 4.06. The number of thiophene rings is 1. The molecule has 0 spiro atoms. The van der Waals surface area contributed by atoms with Crippen LogP contribution in [-0.4, -0.2) is 15.7 Å². The van der Waals surface area contributed by atoms with Crippen molar-refractivity contribution in [2.75, 3.05) is 0 Å². The van der Waals surface area contributed by atoms with Gasteiger partial charge in [0.25, 0.3) is 5.91 Å². The molecule has 1 N–H and O–H groups in total. The second-order valence-electron chi connectivity index (χ2n) is 5.26. The summed E-state index contributed by atoms with van der Waals surface area (Å²) >= 11 is 4.99. The number of nitrogens with zero attached hydrogens (tertiary/aromatic N) is 2. The summed E-state index contributed by atoms with van der Waals surface area (Å²) in [5, 5.41) is 8.46. The lowest BCUT2D eigenvalue weighted by molar-refractivity contribution is 0.0944. The molecule has 1 amide bonds. The topological polar surface area (TPSA) is 46.9 Å². The van der Waals surface area contributed by atoms with E-state index in [0.717, 1.165) is 25.9 Å². The van der Waals surface area contributed by atoms with Crippen molar-refractivity contribution >= 4 is 43.4 Å². The quantitative estimate of drug-likeness (QED) is 0.743. The monoisotopic (exact) mass is 377 g/mol. The SMILES string of the molecule is Cc1nn(C)c2sc(C(=O)N[C@@H](C)c3ccccc3Br)cc12. The average molecular weight is 378 g/mol. The summed E-state index contributed by atoms with van der Waals surface area (Å²) in [5.41, 5.74) is 2.02.